The third kappa shape index (κ3) is 6.53. The molecule has 7 nitrogen and oxygen atoms in total. The van der Waals surface area contributed by atoms with Crippen LogP contribution in [0.3, 0.4) is 0 Å². The number of hydrogen-bond acceptors (Lipinski definition) is 6. The lowest BCUT2D eigenvalue weighted by Crippen LogP contribution is -2.13. The van der Waals surface area contributed by atoms with Crippen LogP contribution in [0.2, 0.25) is 0 Å². The maximum Gasteiger partial charge on any atom is 0.234 e. The Morgan fingerprint density at radius 3 is 2.67 bits per heavy atom. The fourth-order valence-electron chi connectivity index (χ4n) is 2.73. The number of hydrogen-bond donors (Lipinski definition) is 1. The summed E-state index contributed by atoms with van der Waals surface area (Å²) in [7, 11) is 3.18. The third-order valence-corrected chi connectivity index (χ3v) is 5.21. The molecule has 1 heterocycles. The van der Waals surface area contributed by atoms with Gasteiger partial charge in [-0.05, 0) is 23.8 Å². The first-order valence-corrected chi connectivity index (χ1v) is 10.5. The number of amides is 1. The van der Waals surface area contributed by atoms with Crippen molar-refractivity contribution in [3.63, 3.8) is 0 Å². The Morgan fingerprint density at radius 2 is 1.90 bits per heavy atom. The van der Waals surface area contributed by atoms with E-state index in [1.807, 2.05) is 48.5 Å². The van der Waals surface area contributed by atoms with Crippen molar-refractivity contribution in [1.29, 1.82) is 0 Å². The van der Waals surface area contributed by atoms with Crippen LogP contribution in [0.5, 0.6) is 11.5 Å². The molecule has 30 heavy (non-hydrogen) atoms. The molecule has 0 fully saturated rings. The molecule has 0 saturated carbocycles. The highest BCUT2D eigenvalue weighted by Crippen LogP contribution is 2.31. The van der Waals surface area contributed by atoms with E-state index >= 15 is 0 Å². The summed E-state index contributed by atoms with van der Waals surface area (Å²) in [5, 5.41) is 7.12. The molecule has 0 saturated heterocycles. The second kappa shape index (κ2) is 11.3. The van der Waals surface area contributed by atoms with Crippen molar-refractivity contribution < 1.29 is 19.0 Å². The summed E-state index contributed by atoms with van der Waals surface area (Å²) < 4.78 is 17.9. The van der Waals surface area contributed by atoms with Crippen LogP contribution in [0, 0.1) is 0 Å². The molecule has 8 heteroatoms. The number of rotatable bonds is 11. The van der Waals surface area contributed by atoms with Crippen molar-refractivity contribution in [3.8, 4) is 11.5 Å². The number of aromatic nitrogens is 2. The van der Waals surface area contributed by atoms with E-state index in [4.69, 9.17) is 14.2 Å². The molecule has 0 atom stereocenters. The number of nitrogens with zero attached hydrogens (tertiary/aromatic N) is 2. The lowest BCUT2D eigenvalue weighted by atomic mass is 10.2. The quantitative estimate of drug-likeness (QED) is 0.370. The second-order valence-electron chi connectivity index (χ2n) is 6.38. The molecular formula is C22H25N3O4S. The van der Waals surface area contributed by atoms with E-state index in [0.717, 1.165) is 10.5 Å². The Hall–Kier alpha value is -2.97. The minimum absolute atomic E-state index is 0.102. The van der Waals surface area contributed by atoms with Gasteiger partial charge in [0.05, 0.1) is 51.6 Å². The number of carbonyl (C=O) groups excluding carboxylic acids is 1. The average Bonchev–Trinajstić information content (AvgIpc) is 3.22. The number of methoxy groups -OCH3 is 2. The molecule has 1 amide bonds. The predicted molar refractivity (Wildman–Crippen MR) is 117 cm³/mol. The van der Waals surface area contributed by atoms with Gasteiger partial charge in [-0.2, -0.15) is 5.10 Å². The molecule has 0 aliphatic rings. The standard InChI is InChI=1S/C22H25N3O4S/c1-27-20-9-8-19(12-21(20)28-2)30-16-22(26)24-18-13-23-25(14-18)10-11-29-15-17-6-4-3-5-7-17/h3-9,12-14H,10-11,15-16H2,1-2H3,(H,24,26). The molecule has 1 N–H and O–H groups in total. The van der Waals surface area contributed by atoms with Crippen molar-refractivity contribution in [2.24, 2.45) is 0 Å². The highest BCUT2D eigenvalue weighted by atomic mass is 32.2. The van der Waals surface area contributed by atoms with Crippen LogP contribution in [0.15, 0.2) is 65.8 Å². The minimum Gasteiger partial charge on any atom is -0.493 e. The van der Waals surface area contributed by atoms with Crippen LogP contribution >= 0.6 is 11.8 Å². The first kappa shape index (κ1) is 21.7. The summed E-state index contributed by atoms with van der Waals surface area (Å²) in [6, 6.07) is 15.6. The van der Waals surface area contributed by atoms with Gasteiger partial charge in [0.2, 0.25) is 5.91 Å². The van der Waals surface area contributed by atoms with Gasteiger partial charge in [0, 0.05) is 11.1 Å². The van der Waals surface area contributed by atoms with E-state index in [1.54, 1.807) is 31.3 Å². The number of ether oxygens (including phenoxy) is 3. The Kier molecular flexibility index (Phi) is 8.17. The van der Waals surface area contributed by atoms with Gasteiger partial charge in [-0.25, -0.2) is 0 Å². The smallest absolute Gasteiger partial charge is 0.234 e. The van der Waals surface area contributed by atoms with Crippen LogP contribution < -0.4 is 14.8 Å². The molecule has 158 valence electrons. The van der Waals surface area contributed by atoms with E-state index < -0.39 is 0 Å². The zero-order valence-corrected chi connectivity index (χ0v) is 17.9. The molecule has 3 aromatic rings. The van der Waals surface area contributed by atoms with Crippen molar-refractivity contribution in [2.75, 3.05) is 31.9 Å². The number of nitrogens with one attached hydrogen (secondary N) is 1. The molecule has 3 rings (SSSR count). The van der Waals surface area contributed by atoms with Crippen LogP contribution in [0.25, 0.3) is 0 Å². The fourth-order valence-corrected chi connectivity index (χ4v) is 3.45. The van der Waals surface area contributed by atoms with Gasteiger partial charge < -0.3 is 19.5 Å². The van der Waals surface area contributed by atoms with E-state index in [9.17, 15) is 4.79 Å². The Labute approximate surface area is 180 Å². The molecule has 2 aromatic carbocycles. The van der Waals surface area contributed by atoms with E-state index in [-0.39, 0.29) is 11.7 Å². The van der Waals surface area contributed by atoms with Crippen LogP contribution in [-0.4, -0.2) is 42.3 Å². The van der Waals surface area contributed by atoms with E-state index in [1.165, 1.54) is 11.8 Å². The molecule has 0 aliphatic heterocycles. The molecular weight excluding hydrogens is 402 g/mol. The van der Waals surface area contributed by atoms with Crippen molar-refractivity contribution >= 4 is 23.4 Å². The summed E-state index contributed by atoms with van der Waals surface area (Å²) in [6.45, 7) is 1.72. The summed E-state index contributed by atoms with van der Waals surface area (Å²) in [5.74, 6) is 1.47. The minimum atomic E-state index is -0.102. The van der Waals surface area contributed by atoms with Crippen LogP contribution in [0.4, 0.5) is 5.69 Å². The SMILES string of the molecule is COc1ccc(SCC(=O)Nc2cnn(CCOCc3ccccc3)c2)cc1OC. The first-order valence-electron chi connectivity index (χ1n) is 9.46. The van der Waals surface area contributed by atoms with Gasteiger partial charge in [-0.15, -0.1) is 11.8 Å². The van der Waals surface area contributed by atoms with Gasteiger partial charge in [0.15, 0.2) is 11.5 Å². The van der Waals surface area contributed by atoms with Crippen molar-refractivity contribution in [1.82, 2.24) is 9.78 Å². The zero-order valence-electron chi connectivity index (χ0n) is 17.0. The van der Waals surface area contributed by atoms with Crippen LogP contribution in [-0.2, 0) is 22.7 Å². The predicted octanol–water partition coefficient (Wildman–Crippen LogP) is 3.85. The molecule has 0 spiro atoms. The molecule has 0 aliphatic carbocycles. The highest BCUT2D eigenvalue weighted by Gasteiger charge is 2.09. The van der Waals surface area contributed by atoms with E-state index in [0.29, 0.717) is 36.9 Å². The second-order valence-corrected chi connectivity index (χ2v) is 7.43. The van der Waals surface area contributed by atoms with Gasteiger partial charge in [0.1, 0.15) is 0 Å². The Morgan fingerprint density at radius 1 is 1.10 bits per heavy atom. The number of benzene rings is 2. The molecule has 1 aromatic heterocycles. The normalized spacial score (nSPS) is 10.6. The number of carbonyl (C=O) groups is 1. The van der Waals surface area contributed by atoms with Gasteiger partial charge in [-0.1, -0.05) is 30.3 Å². The topological polar surface area (TPSA) is 74.6 Å². The number of thioether (sulfide) groups is 1. The zero-order chi connectivity index (χ0) is 21.2. The first-order chi connectivity index (χ1) is 14.7. The fraction of sp³-hybridized carbons (Fsp3) is 0.273. The highest BCUT2D eigenvalue weighted by molar-refractivity contribution is 8.00. The van der Waals surface area contributed by atoms with Crippen LogP contribution in [0.1, 0.15) is 5.56 Å². The molecule has 0 radical (unpaired) electrons. The monoisotopic (exact) mass is 427 g/mol. The van der Waals surface area contributed by atoms with Crippen molar-refractivity contribution in [3.05, 3.63) is 66.5 Å². The largest absolute Gasteiger partial charge is 0.493 e. The van der Waals surface area contributed by atoms with Gasteiger partial charge in [0.25, 0.3) is 0 Å². The van der Waals surface area contributed by atoms with Gasteiger partial charge in [-0.3, -0.25) is 9.48 Å². The Balaban J connectivity index is 1.40. The summed E-state index contributed by atoms with van der Waals surface area (Å²) in [6.07, 6.45) is 3.43. The molecule has 0 bridgehead atoms. The lowest BCUT2D eigenvalue weighted by molar-refractivity contribution is -0.113. The average molecular weight is 428 g/mol. The summed E-state index contributed by atoms with van der Waals surface area (Å²) in [4.78, 5) is 13.2. The lowest BCUT2D eigenvalue weighted by Gasteiger charge is -2.09. The van der Waals surface area contributed by atoms with Gasteiger partial charge >= 0.3 is 0 Å². The summed E-state index contributed by atoms with van der Waals surface area (Å²) >= 11 is 1.42. The maximum absolute atomic E-state index is 12.2. The van der Waals surface area contributed by atoms with Crippen molar-refractivity contribution in [2.45, 2.75) is 18.0 Å². The summed E-state index contributed by atoms with van der Waals surface area (Å²) in [5.41, 5.74) is 1.80. The third-order valence-electron chi connectivity index (χ3n) is 4.22. The molecule has 0 unspecified atom stereocenters. The maximum atomic E-state index is 12.2. The Bertz CT molecular complexity index is 947. The van der Waals surface area contributed by atoms with E-state index in [2.05, 4.69) is 10.4 Å². The number of anilines is 1.